The van der Waals surface area contributed by atoms with Crippen LogP contribution < -0.4 is 4.74 Å². The van der Waals surface area contributed by atoms with E-state index in [1.54, 1.807) is 6.07 Å². The molecule has 0 aromatic heterocycles. The van der Waals surface area contributed by atoms with Gasteiger partial charge >= 0.3 is 12.6 Å². The largest absolute Gasteiger partial charge is 0.435 e. The zero-order valence-electron chi connectivity index (χ0n) is 13.0. The Morgan fingerprint density at radius 2 is 1.92 bits per heavy atom. The first kappa shape index (κ1) is 17.2. The minimum atomic E-state index is -2.94. The maximum absolute atomic E-state index is 12.1. The number of hydrogen-bond acceptors (Lipinski definition) is 6. The Labute approximate surface area is 145 Å². The number of cyclic esters (lactones) is 1. The molecule has 0 bridgehead atoms. The van der Waals surface area contributed by atoms with Crippen LogP contribution in [0.15, 0.2) is 59.2 Å². The zero-order valence-corrected chi connectivity index (χ0v) is 13.0. The van der Waals surface area contributed by atoms with Gasteiger partial charge in [-0.15, -0.1) is 0 Å². The van der Waals surface area contributed by atoms with Gasteiger partial charge in [0.05, 0.1) is 4.92 Å². The Bertz CT molecular complexity index is 923. The number of ether oxygens (including phenoxy) is 2. The molecule has 0 amide bonds. The van der Waals surface area contributed by atoms with E-state index in [2.05, 4.69) is 9.73 Å². The topological polar surface area (TPSA) is 91.0 Å². The molecule has 3 rings (SSSR count). The van der Waals surface area contributed by atoms with Crippen molar-refractivity contribution in [1.29, 1.82) is 0 Å². The minimum Gasteiger partial charge on any atom is -0.435 e. The summed E-state index contributed by atoms with van der Waals surface area (Å²) in [6.07, 6.45) is 1.36. The van der Waals surface area contributed by atoms with Crippen LogP contribution in [-0.2, 0) is 9.53 Å². The summed E-state index contributed by atoms with van der Waals surface area (Å²) in [6, 6.07) is 11.1. The van der Waals surface area contributed by atoms with Gasteiger partial charge in [0.2, 0.25) is 5.90 Å². The van der Waals surface area contributed by atoms with Crippen molar-refractivity contribution in [3.63, 3.8) is 0 Å². The molecule has 7 nitrogen and oxygen atoms in total. The number of carbonyl (C=O) groups is 1. The average molecular weight is 360 g/mol. The van der Waals surface area contributed by atoms with Crippen molar-refractivity contribution >= 4 is 23.6 Å². The molecule has 9 heteroatoms. The number of halogens is 2. The third-order valence-corrected chi connectivity index (χ3v) is 3.33. The molecule has 1 aliphatic heterocycles. The predicted molar refractivity (Wildman–Crippen MR) is 86.8 cm³/mol. The quantitative estimate of drug-likeness (QED) is 0.352. The van der Waals surface area contributed by atoms with Crippen LogP contribution in [0.1, 0.15) is 11.1 Å². The molecule has 1 heterocycles. The summed E-state index contributed by atoms with van der Waals surface area (Å²) in [6.45, 7) is -2.94. The Kier molecular flexibility index (Phi) is 4.70. The highest BCUT2D eigenvalue weighted by molar-refractivity contribution is 6.12. The summed E-state index contributed by atoms with van der Waals surface area (Å²) in [5.41, 5.74) is 0.650. The smallest absolute Gasteiger partial charge is 0.387 e. The number of nitro benzene ring substituents is 1. The van der Waals surface area contributed by atoms with Crippen molar-refractivity contribution in [3.05, 3.63) is 75.5 Å². The monoisotopic (exact) mass is 360 g/mol. The maximum atomic E-state index is 12.1. The fourth-order valence-corrected chi connectivity index (χ4v) is 2.20. The minimum absolute atomic E-state index is 0.00437. The van der Waals surface area contributed by atoms with Crippen molar-refractivity contribution < 1.29 is 28.0 Å². The van der Waals surface area contributed by atoms with Crippen LogP contribution in [0.3, 0.4) is 0 Å². The van der Waals surface area contributed by atoms with E-state index in [0.29, 0.717) is 11.1 Å². The summed E-state index contributed by atoms with van der Waals surface area (Å²) in [7, 11) is 0. The predicted octanol–water partition coefficient (Wildman–Crippen LogP) is 3.54. The summed E-state index contributed by atoms with van der Waals surface area (Å²) < 4.78 is 33.6. The molecule has 0 atom stereocenters. The molecule has 1 aliphatic rings. The van der Waals surface area contributed by atoms with E-state index in [9.17, 15) is 23.7 Å². The molecule has 0 saturated heterocycles. The highest BCUT2D eigenvalue weighted by Gasteiger charge is 2.24. The number of carbonyl (C=O) groups excluding carboxylic acids is 1. The van der Waals surface area contributed by atoms with Crippen LogP contribution in [0.2, 0.25) is 0 Å². The first-order valence-electron chi connectivity index (χ1n) is 7.24. The van der Waals surface area contributed by atoms with Crippen molar-refractivity contribution in [3.8, 4) is 5.75 Å². The number of nitrogens with zero attached hydrogens (tertiary/aromatic N) is 2. The molecule has 0 N–H and O–H groups in total. The van der Waals surface area contributed by atoms with Crippen LogP contribution in [0.25, 0.3) is 6.08 Å². The third-order valence-electron chi connectivity index (χ3n) is 3.33. The van der Waals surface area contributed by atoms with Gasteiger partial charge in [0.25, 0.3) is 5.69 Å². The molecule has 0 fully saturated rings. The van der Waals surface area contributed by atoms with Crippen LogP contribution in [0.4, 0.5) is 14.5 Å². The van der Waals surface area contributed by atoms with Gasteiger partial charge in [-0.25, -0.2) is 9.79 Å². The highest BCUT2D eigenvalue weighted by Crippen LogP contribution is 2.22. The Morgan fingerprint density at radius 3 is 2.58 bits per heavy atom. The third kappa shape index (κ3) is 3.89. The Balaban J connectivity index is 1.84. The summed E-state index contributed by atoms with van der Waals surface area (Å²) >= 11 is 0. The van der Waals surface area contributed by atoms with Crippen LogP contribution in [0, 0.1) is 10.1 Å². The fraction of sp³-hybridized carbons (Fsp3) is 0.0588. The Morgan fingerprint density at radius 1 is 1.19 bits per heavy atom. The van der Waals surface area contributed by atoms with Crippen molar-refractivity contribution in [2.45, 2.75) is 6.61 Å². The number of alkyl halides is 2. The van der Waals surface area contributed by atoms with Crippen molar-refractivity contribution in [2.75, 3.05) is 0 Å². The van der Waals surface area contributed by atoms with Crippen molar-refractivity contribution in [1.82, 2.24) is 0 Å². The van der Waals surface area contributed by atoms with Crippen LogP contribution in [-0.4, -0.2) is 23.4 Å². The van der Waals surface area contributed by atoms with Gasteiger partial charge in [0.15, 0.2) is 5.70 Å². The van der Waals surface area contributed by atoms with Gasteiger partial charge in [0.1, 0.15) is 5.75 Å². The van der Waals surface area contributed by atoms with E-state index in [0.717, 1.165) is 0 Å². The lowest BCUT2D eigenvalue weighted by molar-refractivity contribution is -0.384. The molecule has 132 valence electrons. The lowest BCUT2D eigenvalue weighted by Gasteiger charge is -2.04. The van der Waals surface area contributed by atoms with Gasteiger partial charge in [-0.05, 0) is 35.9 Å². The second-order valence-corrected chi connectivity index (χ2v) is 5.09. The zero-order chi connectivity index (χ0) is 18.7. The normalized spacial score (nSPS) is 15.1. The van der Waals surface area contributed by atoms with Crippen LogP contribution in [0.5, 0.6) is 5.75 Å². The molecule has 0 unspecified atom stereocenters. The van der Waals surface area contributed by atoms with E-state index < -0.39 is 17.5 Å². The van der Waals surface area contributed by atoms with Gasteiger partial charge in [0, 0.05) is 17.7 Å². The number of esters is 1. The SMILES string of the molecule is O=C1OC(c2ccc(OC(F)F)cc2)=N/C1=C\c1cccc([N+](=O)[O-])c1. The number of aliphatic imine (C=N–C) groups is 1. The number of non-ortho nitro benzene ring substituents is 1. The summed E-state index contributed by atoms with van der Waals surface area (Å²) in [4.78, 5) is 26.2. The molecular formula is C17H10F2N2O5. The molecule has 2 aromatic rings. The summed E-state index contributed by atoms with van der Waals surface area (Å²) in [5.74, 6) is -0.768. The van der Waals surface area contributed by atoms with Crippen LogP contribution >= 0.6 is 0 Å². The first-order chi connectivity index (χ1) is 12.4. The molecule has 0 spiro atoms. The van der Waals surface area contributed by atoms with Gasteiger partial charge in [-0.2, -0.15) is 8.78 Å². The second kappa shape index (κ2) is 7.09. The standard InChI is InChI=1S/C17H10F2N2O5/c18-17(19)25-13-6-4-11(5-7-13)15-20-14(16(22)26-15)9-10-2-1-3-12(8-10)21(23)24/h1-9,17H/b14-9-. The van der Waals surface area contributed by atoms with Gasteiger partial charge in [-0.1, -0.05) is 12.1 Å². The lowest BCUT2D eigenvalue weighted by atomic mass is 10.1. The van der Waals surface area contributed by atoms with Crippen molar-refractivity contribution in [2.24, 2.45) is 4.99 Å². The van der Waals surface area contributed by atoms with E-state index in [1.807, 2.05) is 0 Å². The summed E-state index contributed by atoms with van der Waals surface area (Å²) in [5, 5.41) is 10.8. The Hall–Kier alpha value is -3.62. The molecule has 26 heavy (non-hydrogen) atoms. The number of nitro groups is 1. The second-order valence-electron chi connectivity index (χ2n) is 5.09. The molecule has 0 aliphatic carbocycles. The van der Waals surface area contributed by atoms with Gasteiger partial charge < -0.3 is 9.47 Å². The maximum Gasteiger partial charge on any atom is 0.387 e. The number of rotatable bonds is 5. The average Bonchev–Trinajstić information content (AvgIpc) is 2.96. The fourth-order valence-electron chi connectivity index (χ4n) is 2.20. The van der Waals surface area contributed by atoms with Gasteiger partial charge in [-0.3, -0.25) is 10.1 Å². The number of benzene rings is 2. The molecule has 2 aromatic carbocycles. The first-order valence-corrected chi connectivity index (χ1v) is 7.24. The van der Waals surface area contributed by atoms with E-state index in [4.69, 9.17) is 4.74 Å². The lowest BCUT2D eigenvalue weighted by Crippen LogP contribution is -2.06. The molecule has 0 saturated carbocycles. The van der Waals surface area contributed by atoms with E-state index in [-0.39, 0.29) is 23.0 Å². The van der Waals surface area contributed by atoms with E-state index >= 15 is 0 Å². The number of hydrogen-bond donors (Lipinski definition) is 0. The molecule has 0 radical (unpaired) electrons. The highest BCUT2D eigenvalue weighted by atomic mass is 19.3. The molecular weight excluding hydrogens is 350 g/mol. The van der Waals surface area contributed by atoms with E-state index in [1.165, 1.54) is 48.5 Å².